The summed E-state index contributed by atoms with van der Waals surface area (Å²) in [6, 6.07) is 2.74. The van der Waals surface area contributed by atoms with Crippen molar-refractivity contribution in [2.24, 2.45) is 5.92 Å². The van der Waals surface area contributed by atoms with Crippen LogP contribution >= 0.6 is 0 Å². The summed E-state index contributed by atoms with van der Waals surface area (Å²) < 4.78 is 10.8. The molecule has 2 heterocycles. The number of hydrogen-bond acceptors (Lipinski definition) is 5. The molecule has 7 nitrogen and oxygen atoms in total. The van der Waals surface area contributed by atoms with Crippen LogP contribution in [0.15, 0.2) is 18.3 Å². The number of pyridine rings is 1. The molecule has 0 radical (unpaired) electrons. The molecule has 2 rings (SSSR count). The fourth-order valence-electron chi connectivity index (χ4n) is 2.13. The molecule has 0 aromatic carbocycles. The maximum absolute atomic E-state index is 11.9. The van der Waals surface area contributed by atoms with E-state index in [0.717, 1.165) is 19.6 Å². The molecule has 22 heavy (non-hydrogen) atoms. The van der Waals surface area contributed by atoms with Gasteiger partial charge in [0.05, 0.1) is 13.2 Å². The Labute approximate surface area is 128 Å². The summed E-state index contributed by atoms with van der Waals surface area (Å²) in [6.07, 6.45) is 3.06. The van der Waals surface area contributed by atoms with Gasteiger partial charge in [0.1, 0.15) is 5.69 Å². The van der Waals surface area contributed by atoms with Crippen LogP contribution in [-0.4, -0.2) is 54.9 Å². The topological polar surface area (TPSA) is 97.8 Å². The second-order valence-corrected chi connectivity index (χ2v) is 5.15. The fraction of sp³-hybridized carbons (Fsp3) is 0.533. The van der Waals surface area contributed by atoms with Gasteiger partial charge in [-0.3, -0.25) is 4.79 Å². The summed E-state index contributed by atoms with van der Waals surface area (Å²) in [5.41, 5.74) is 0.145. The summed E-state index contributed by atoms with van der Waals surface area (Å²) >= 11 is 0. The van der Waals surface area contributed by atoms with Crippen LogP contribution in [0.2, 0.25) is 0 Å². The molecule has 1 aliphatic heterocycles. The van der Waals surface area contributed by atoms with Crippen LogP contribution in [-0.2, 0) is 9.47 Å². The Bertz CT molecular complexity index is 514. The quantitative estimate of drug-likeness (QED) is 0.694. The SMILES string of the molecule is O=C(NCCCOCC1CCOC1)c1ccnc(C(=O)O)c1. The third-order valence-electron chi connectivity index (χ3n) is 3.37. The molecular formula is C15H20N2O5. The highest BCUT2D eigenvalue weighted by Gasteiger charge is 2.15. The molecule has 2 N–H and O–H groups in total. The molecule has 1 aliphatic rings. The number of rotatable bonds is 8. The summed E-state index contributed by atoms with van der Waals surface area (Å²) in [4.78, 5) is 26.3. The van der Waals surface area contributed by atoms with Crippen molar-refractivity contribution in [3.63, 3.8) is 0 Å². The minimum atomic E-state index is -1.15. The lowest BCUT2D eigenvalue weighted by atomic mass is 10.1. The Morgan fingerprint density at radius 2 is 2.36 bits per heavy atom. The highest BCUT2D eigenvalue weighted by Crippen LogP contribution is 2.12. The van der Waals surface area contributed by atoms with Gasteiger partial charge in [0, 0.05) is 37.4 Å². The highest BCUT2D eigenvalue weighted by atomic mass is 16.5. The average molecular weight is 308 g/mol. The number of nitrogens with zero attached hydrogens (tertiary/aromatic N) is 1. The van der Waals surface area contributed by atoms with Crippen molar-refractivity contribution in [2.45, 2.75) is 12.8 Å². The molecule has 7 heteroatoms. The van der Waals surface area contributed by atoms with E-state index in [0.29, 0.717) is 32.1 Å². The molecule has 120 valence electrons. The number of ether oxygens (including phenoxy) is 2. The lowest BCUT2D eigenvalue weighted by molar-refractivity contribution is 0.0690. The largest absolute Gasteiger partial charge is 0.477 e. The predicted octanol–water partition coefficient (Wildman–Crippen LogP) is 0.953. The number of aromatic nitrogens is 1. The van der Waals surface area contributed by atoms with Gasteiger partial charge in [0.2, 0.25) is 0 Å². The molecule has 0 spiro atoms. The standard InChI is InChI=1S/C15H20N2O5/c18-14(12-2-5-16-13(8-12)15(19)20)17-4-1-6-21-9-11-3-7-22-10-11/h2,5,8,11H,1,3-4,6-7,9-10H2,(H,17,18)(H,19,20). The van der Waals surface area contributed by atoms with Crippen molar-refractivity contribution >= 4 is 11.9 Å². The van der Waals surface area contributed by atoms with E-state index in [1.807, 2.05) is 0 Å². The van der Waals surface area contributed by atoms with Crippen LogP contribution in [0.3, 0.4) is 0 Å². The van der Waals surface area contributed by atoms with Gasteiger partial charge in [-0.1, -0.05) is 0 Å². The Morgan fingerprint density at radius 3 is 3.09 bits per heavy atom. The first kappa shape index (κ1) is 16.4. The van der Waals surface area contributed by atoms with Gasteiger partial charge in [0.15, 0.2) is 0 Å². The zero-order valence-corrected chi connectivity index (χ0v) is 12.3. The monoisotopic (exact) mass is 308 g/mol. The first-order valence-corrected chi connectivity index (χ1v) is 7.30. The van der Waals surface area contributed by atoms with E-state index in [1.165, 1.54) is 18.3 Å². The van der Waals surface area contributed by atoms with E-state index in [-0.39, 0.29) is 17.2 Å². The van der Waals surface area contributed by atoms with E-state index < -0.39 is 5.97 Å². The van der Waals surface area contributed by atoms with Gasteiger partial charge in [-0.05, 0) is 25.0 Å². The minimum Gasteiger partial charge on any atom is -0.477 e. The number of carbonyl (C=O) groups excluding carboxylic acids is 1. The van der Waals surface area contributed by atoms with Crippen LogP contribution in [0.4, 0.5) is 0 Å². The molecule has 1 atom stereocenters. The Morgan fingerprint density at radius 1 is 1.50 bits per heavy atom. The minimum absolute atomic E-state index is 0.144. The van der Waals surface area contributed by atoms with Crippen molar-refractivity contribution < 1.29 is 24.2 Å². The molecule has 1 aromatic rings. The van der Waals surface area contributed by atoms with Gasteiger partial charge >= 0.3 is 5.97 Å². The predicted molar refractivity (Wildman–Crippen MR) is 77.9 cm³/mol. The smallest absolute Gasteiger partial charge is 0.354 e. The third-order valence-corrected chi connectivity index (χ3v) is 3.37. The normalized spacial score (nSPS) is 17.4. The summed E-state index contributed by atoms with van der Waals surface area (Å²) in [5.74, 6) is -0.978. The summed E-state index contributed by atoms with van der Waals surface area (Å²) in [6.45, 7) is 3.33. The first-order valence-electron chi connectivity index (χ1n) is 7.30. The Kier molecular flexibility index (Phi) is 6.29. The Balaban J connectivity index is 1.63. The van der Waals surface area contributed by atoms with E-state index in [2.05, 4.69) is 10.3 Å². The molecule has 0 bridgehead atoms. The van der Waals surface area contributed by atoms with Crippen molar-refractivity contribution in [1.82, 2.24) is 10.3 Å². The zero-order valence-electron chi connectivity index (χ0n) is 12.3. The van der Waals surface area contributed by atoms with Crippen molar-refractivity contribution in [1.29, 1.82) is 0 Å². The van der Waals surface area contributed by atoms with Gasteiger partial charge in [-0.25, -0.2) is 9.78 Å². The summed E-state index contributed by atoms with van der Waals surface area (Å²) in [7, 11) is 0. The van der Waals surface area contributed by atoms with Gasteiger partial charge in [0.25, 0.3) is 5.91 Å². The van der Waals surface area contributed by atoms with E-state index in [4.69, 9.17) is 14.6 Å². The van der Waals surface area contributed by atoms with Crippen LogP contribution in [0.1, 0.15) is 33.7 Å². The molecular weight excluding hydrogens is 288 g/mol. The number of carboxylic acids is 1. The average Bonchev–Trinajstić information content (AvgIpc) is 3.04. The summed E-state index contributed by atoms with van der Waals surface area (Å²) in [5, 5.41) is 11.6. The van der Waals surface area contributed by atoms with E-state index >= 15 is 0 Å². The Hall–Kier alpha value is -1.99. The van der Waals surface area contributed by atoms with Gasteiger partial charge in [-0.15, -0.1) is 0 Å². The van der Waals surface area contributed by atoms with Crippen LogP contribution in [0.25, 0.3) is 0 Å². The molecule has 1 saturated heterocycles. The van der Waals surface area contributed by atoms with Gasteiger partial charge in [-0.2, -0.15) is 0 Å². The van der Waals surface area contributed by atoms with Crippen LogP contribution < -0.4 is 5.32 Å². The molecule has 1 fully saturated rings. The second kappa shape index (κ2) is 8.45. The highest BCUT2D eigenvalue weighted by molar-refractivity contribution is 5.96. The maximum Gasteiger partial charge on any atom is 0.354 e. The van der Waals surface area contributed by atoms with E-state index in [9.17, 15) is 9.59 Å². The number of carboxylic acid groups (broad SMARTS) is 1. The molecule has 1 unspecified atom stereocenters. The zero-order chi connectivity index (χ0) is 15.8. The number of carbonyl (C=O) groups is 2. The second-order valence-electron chi connectivity index (χ2n) is 5.15. The number of aromatic carboxylic acids is 1. The first-order chi connectivity index (χ1) is 10.7. The molecule has 0 saturated carbocycles. The lowest BCUT2D eigenvalue weighted by Gasteiger charge is -2.09. The number of hydrogen-bond donors (Lipinski definition) is 2. The molecule has 1 aromatic heterocycles. The maximum atomic E-state index is 11.9. The van der Waals surface area contributed by atoms with Crippen LogP contribution in [0.5, 0.6) is 0 Å². The van der Waals surface area contributed by atoms with Crippen molar-refractivity contribution in [3.05, 3.63) is 29.6 Å². The van der Waals surface area contributed by atoms with Crippen molar-refractivity contribution in [3.8, 4) is 0 Å². The third kappa shape index (κ3) is 5.09. The van der Waals surface area contributed by atoms with Crippen LogP contribution in [0, 0.1) is 5.92 Å². The fourth-order valence-corrected chi connectivity index (χ4v) is 2.13. The van der Waals surface area contributed by atoms with Crippen molar-refractivity contribution in [2.75, 3.05) is 33.0 Å². The lowest BCUT2D eigenvalue weighted by Crippen LogP contribution is -2.26. The number of amides is 1. The van der Waals surface area contributed by atoms with Gasteiger partial charge < -0.3 is 19.9 Å². The molecule has 1 amide bonds. The van der Waals surface area contributed by atoms with E-state index in [1.54, 1.807) is 0 Å². The number of nitrogens with one attached hydrogen (secondary N) is 1. The molecule has 0 aliphatic carbocycles.